The van der Waals surface area contributed by atoms with E-state index in [1.165, 1.54) is 11.5 Å². The Bertz CT molecular complexity index is 278. The Morgan fingerprint density at radius 2 is 2.07 bits per heavy atom. The molecule has 80 valence electrons. The number of nitrogens with zero attached hydrogens (tertiary/aromatic N) is 2. The lowest BCUT2D eigenvalue weighted by Gasteiger charge is -2.29. The first-order valence-corrected chi connectivity index (χ1v) is 5.23. The number of aliphatic hydroxyl groups is 2. The second-order valence-electron chi connectivity index (χ2n) is 3.22. The lowest BCUT2D eigenvalue weighted by atomic mass is 9.99. The van der Waals surface area contributed by atoms with Crippen LogP contribution >= 0.6 is 11.5 Å². The summed E-state index contributed by atoms with van der Waals surface area (Å²) in [5.41, 5.74) is -0.689. The summed E-state index contributed by atoms with van der Waals surface area (Å²) in [6.07, 6.45) is 0.624. The number of aliphatic hydroxyl groups excluding tert-OH is 2. The molecule has 3 N–H and O–H groups in total. The first-order valence-electron chi connectivity index (χ1n) is 4.46. The number of rotatable bonds is 5. The molecule has 0 aliphatic carbocycles. The van der Waals surface area contributed by atoms with E-state index in [0.29, 0.717) is 17.4 Å². The van der Waals surface area contributed by atoms with Crippen molar-refractivity contribution >= 4 is 16.7 Å². The SMILES string of the molecule is CCC(CO)(CO)Nc1nc(C)ns1. The van der Waals surface area contributed by atoms with Gasteiger partial charge in [-0.1, -0.05) is 6.92 Å². The second kappa shape index (κ2) is 4.68. The molecule has 0 saturated carbocycles. The van der Waals surface area contributed by atoms with Crippen LogP contribution in [-0.2, 0) is 0 Å². The van der Waals surface area contributed by atoms with E-state index < -0.39 is 5.54 Å². The molecule has 1 aromatic heterocycles. The molecule has 5 nitrogen and oxygen atoms in total. The van der Waals surface area contributed by atoms with E-state index in [1.807, 2.05) is 6.92 Å². The Kier molecular flexibility index (Phi) is 3.79. The van der Waals surface area contributed by atoms with E-state index in [9.17, 15) is 10.2 Å². The predicted molar refractivity (Wildman–Crippen MR) is 55.5 cm³/mol. The average Bonchev–Trinajstić information content (AvgIpc) is 2.61. The average molecular weight is 217 g/mol. The van der Waals surface area contributed by atoms with Gasteiger partial charge in [0.05, 0.1) is 18.8 Å². The molecule has 0 radical (unpaired) electrons. The van der Waals surface area contributed by atoms with E-state index >= 15 is 0 Å². The van der Waals surface area contributed by atoms with Crippen molar-refractivity contribution in [2.24, 2.45) is 0 Å². The van der Waals surface area contributed by atoms with Crippen molar-refractivity contribution < 1.29 is 10.2 Å². The van der Waals surface area contributed by atoms with Crippen molar-refractivity contribution in [2.45, 2.75) is 25.8 Å². The minimum absolute atomic E-state index is 0.126. The number of hydrogen-bond acceptors (Lipinski definition) is 6. The Balaban J connectivity index is 2.73. The molecule has 1 heterocycles. The highest BCUT2D eigenvalue weighted by molar-refractivity contribution is 7.09. The van der Waals surface area contributed by atoms with Crippen LogP contribution in [0.3, 0.4) is 0 Å². The van der Waals surface area contributed by atoms with Gasteiger partial charge in [0, 0.05) is 11.5 Å². The normalized spacial score (nSPS) is 11.7. The molecule has 0 aliphatic heterocycles. The van der Waals surface area contributed by atoms with Crippen molar-refractivity contribution in [3.05, 3.63) is 5.82 Å². The van der Waals surface area contributed by atoms with Crippen LogP contribution in [0.2, 0.25) is 0 Å². The maximum Gasteiger partial charge on any atom is 0.203 e. The van der Waals surface area contributed by atoms with Crippen LogP contribution in [-0.4, -0.2) is 38.3 Å². The third-order valence-corrected chi connectivity index (χ3v) is 2.90. The molecule has 0 atom stereocenters. The molecular weight excluding hydrogens is 202 g/mol. The first-order chi connectivity index (χ1) is 6.65. The molecule has 0 aromatic carbocycles. The van der Waals surface area contributed by atoms with Crippen LogP contribution in [0.25, 0.3) is 0 Å². The molecule has 14 heavy (non-hydrogen) atoms. The molecule has 0 unspecified atom stereocenters. The summed E-state index contributed by atoms with van der Waals surface area (Å²) in [5.74, 6) is 0.693. The van der Waals surface area contributed by atoms with Gasteiger partial charge in [-0.15, -0.1) is 0 Å². The minimum Gasteiger partial charge on any atom is -0.394 e. The Hall–Kier alpha value is -0.720. The highest BCUT2D eigenvalue weighted by Gasteiger charge is 2.27. The van der Waals surface area contributed by atoms with Crippen LogP contribution in [0, 0.1) is 6.92 Å². The fourth-order valence-electron chi connectivity index (χ4n) is 1.02. The topological polar surface area (TPSA) is 78.3 Å². The molecule has 0 fully saturated rings. The van der Waals surface area contributed by atoms with Gasteiger partial charge in [-0.3, -0.25) is 0 Å². The van der Waals surface area contributed by atoms with Gasteiger partial charge in [-0.25, -0.2) is 4.98 Å². The quantitative estimate of drug-likeness (QED) is 0.665. The summed E-state index contributed by atoms with van der Waals surface area (Å²) < 4.78 is 4.01. The van der Waals surface area contributed by atoms with E-state index in [-0.39, 0.29) is 13.2 Å². The van der Waals surface area contributed by atoms with Gasteiger partial charge in [0.25, 0.3) is 0 Å². The third-order valence-electron chi connectivity index (χ3n) is 2.18. The monoisotopic (exact) mass is 217 g/mol. The highest BCUT2D eigenvalue weighted by Crippen LogP contribution is 2.19. The largest absolute Gasteiger partial charge is 0.394 e. The van der Waals surface area contributed by atoms with E-state index in [0.717, 1.165) is 0 Å². The van der Waals surface area contributed by atoms with Crippen LogP contribution in [0.1, 0.15) is 19.2 Å². The first kappa shape index (κ1) is 11.4. The number of aromatic nitrogens is 2. The van der Waals surface area contributed by atoms with Crippen molar-refractivity contribution in [1.82, 2.24) is 9.36 Å². The maximum absolute atomic E-state index is 9.18. The lowest BCUT2D eigenvalue weighted by Crippen LogP contribution is -2.45. The van der Waals surface area contributed by atoms with Gasteiger partial charge in [0.1, 0.15) is 5.82 Å². The van der Waals surface area contributed by atoms with Gasteiger partial charge in [0.15, 0.2) is 0 Å². The zero-order chi connectivity index (χ0) is 10.6. The van der Waals surface area contributed by atoms with Gasteiger partial charge in [0.2, 0.25) is 5.13 Å². The van der Waals surface area contributed by atoms with Gasteiger partial charge in [-0.2, -0.15) is 4.37 Å². The van der Waals surface area contributed by atoms with Gasteiger partial charge in [-0.05, 0) is 13.3 Å². The van der Waals surface area contributed by atoms with E-state index in [4.69, 9.17) is 0 Å². The Labute approximate surface area is 87.0 Å². The van der Waals surface area contributed by atoms with Crippen molar-refractivity contribution in [3.8, 4) is 0 Å². The summed E-state index contributed by atoms with van der Waals surface area (Å²) in [7, 11) is 0. The fourth-order valence-corrected chi connectivity index (χ4v) is 1.71. The summed E-state index contributed by atoms with van der Waals surface area (Å²) in [6, 6.07) is 0. The van der Waals surface area contributed by atoms with E-state index in [2.05, 4.69) is 14.7 Å². The predicted octanol–water partition coefficient (Wildman–Crippen LogP) is 0.392. The molecule has 0 amide bonds. The summed E-state index contributed by atoms with van der Waals surface area (Å²) in [5, 5.41) is 22.0. The zero-order valence-electron chi connectivity index (χ0n) is 8.32. The molecule has 0 aliphatic rings. The van der Waals surface area contributed by atoms with Gasteiger partial charge >= 0.3 is 0 Å². The zero-order valence-corrected chi connectivity index (χ0v) is 9.13. The Morgan fingerprint density at radius 1 is 1.43 bits per heavy atom. The summed E-state index contributed by atoms with van der Waals surface area (Å²) in [6.45, 7) is 3.44. The number of hydrogen-bond donors (Lipinski definition) is 3. The standard InChI is InChI=1S/C8H15N3O2S/c1-3-8(4-12,5-13)10-7-9-6(2)11-14-7/h12-13H,3-5H2,1-2H3,(H,9,10,11). The Morgan fingerprint density at radius 3 is 2.43 bits per heavy atom. The summed E-state index contributed by atoms with van der Waals surface area (Å²) in [4.78, 5) is 4.11. The van der Waals surface area contributed by atoms with Crippen LogP contribution < -0.4 is 5.32 Å². The molecule has 0 spiro atoms. The third kappa shape index (κ3) is 2.40. The molecule has 6 heteroatoms. The van der Waals surface area contributed by atoms with Crippen molar-refractivity contribution in [1.29, 1.82) is 0 Å². The number of anilines is 1. The minimum atomic E-state index is -0.689. The van der Waals surface area contributed by atoms with E-state index in [1.54, 1.807) is 6.92 Å². The molecule has 1 aromatic rings. The fraction of sp³-hybridized carbons (Fsp3) is 0.750. The second-order valence-corrected chi connectivity index (χ2v) is 3.97. The van der Waals surface area contributed by atoms with Crippen molar-refractivity contribution in [2.75, 3.05) is 18.5 Å². The van der Waals surface area contributed by atoms with Crippen LogP contribution in [0.4, 0.5) is 5.13 Å². The van der Waals surface area contributed by atoms with Crippen molar-refractivity contribution in [3.63, 3.8) is 0 Å². The molecular formula is C8H15N3O2S. The highest BCUT2D eigenvalue weighted by atomic mass is 32.1. The lowest BCUT2D eigenvalue weighted by molar-refractivity contribution is 0.132. The molecule has 0 bridgehead atoms. The van der Waals surface area contributed by atoms with Gasteiger partial charge < -0.3 is 15.5 Å². The maximum atomic E-state index is 9.18. The smallest absolute Gasteiger partial charge is 0.203 e. The van der Waals surface area contributed by atoms with Crippen LogP contribution in [0.5, 0.6) is 0 Å². The molecule has 0 saturated heterocycles. The number of nitrogens with one attached hydrogen (secondary N) is 1. The summed E-state index contributed by atoms with van der Waals surface area (Å²) >= 11 is 1.23. The molecule has 1 rings (SSSR count). The van der Waals surface area contributed by atoms with Crippen LogP contribution in [0.15, 0.2) is 0 Å². The number of aryl methyl sites for hydroxylation is 1.